The first-order valence-corrected chi connectivity index (χ1v) is 7.49. The molecule has 1 amide bonds. The molecule has 5 heteroatoms. The van der Waals surface area contributed by atoms with E-state index >= 15 is 0 Å². The van der Waals surface area contributed by atoms with E-state index in [1.165, 1.54) is 0 Å². The first kappa shape index (κ1) is 13.3. The Morgan fingerprint density at radius 2 is 1.95 bits per heavy atom. The van der Waals surface area contributed by atoms with Crippen LogP contribution in [0.15, 0.2) is 0 Å². The minimum Gasteiger partial charge on any atom is -0.393 e. The highest BCUT2D eigenvalue weighted by Gasteiger charge is 2.44. The van der Waals surface area contributed by atoms with Crippen LogP contribution >= 0.6 is 0 Å². The van der Waals surface area contributed by atoms with Gasteiger partial charge in [-0.05, 0) is 45.8 Å². The Hall–Kier alpha value is -0.650. The summed E-state index contributed by atoms with van der Waals surface area (Å²) in [4.78, 5) is 16.9. The van der Waals surface area contributed by atoms with Gasteiger partial charge in [-0.2, -0.15) is 0 Å². The maximum absolute atomic E-state index is 12.4. The number of nitrogens with one attached hydrogen (secondary N) is 1. The van der Waals surface area contributed by atoms with Gasteiger partial charge >= 0.3 is 0 Å². The van der Waals surface area contributed by atoms with E-state index in [0.29, 0.717) is 12.8 Å². The SMILES string of the molecule is CN1CCN(C(=O)C2CC(O)C2)CC12CCNCC2. The Labute approximate surface area is 114 Å². The number of hydrogen-bond donors (Lipinski definition) is 2. The lowest BCUT2D eigenvalue weighted by Crippen LogP contribution is -2.65. The van der Waals surface area contributed by atoms with Crippen LogP contribution in [0.2, 0.25) is 0 Å². The van der Waals surface area contributed by atoms with E-state index in [9.17, 15) is 9.90 Å². The van der Waals surface area contributed by atoms with Crippen LogP contribution in [0.3, 0.4) is 0 Å². The van der Waals surface area contributed by atoms with Gasteiger partial charge in [0, 0.05) is 31.1 Å². The van der Waals surface area contributed by atoms with Crippen molar-refractivity contribution < 1.29 is 9.90 Å². The van der Waals surface area contributed by atoms with Gasteiger partial charge < -0.3 is 15.3 Å². The minimum atomic E-state index is -0.241. The molecule has 0 unspecified atom stereocenters. The lowest BCUT2D eigenvalue weighted by molar-refractivity contribution is -0.148. The van der Waals surface area contributed by atoms with Crippen LogP contribution in [-0.2, 0) is 4.79 Å². The number of piperazine rings is 1. The second-order valence-electron chi connectivity index (χ2n) is 6.48. The number of carbonyl (C=O) groups excluding carboxylic acids is 1. The molecule has 2 heterocycles. The van der Waals surface area contributed by atoms with Crippen LogP contribution in [0.25, 0.3) is 0 Å². The number of piperidine rings is 1. The zero-order valence-corrected chi connectivity index (χ0v) is 11.8. The van der Waals surface area contributed by atoms with Crippen LogP contribution in [0.1, 0.15) is 25.7 Å². The number of aliphatic hydroxyl groups excluding tert-OH is 1. The summed E-state index contributed by atoms with van der Waals surface area (Å²) in [5.74, 6) is 0.355. The van der Waals surface area contributed by atoms with Crippen molar-refractivity contribution >= 4 is 5.91 Å². The van der Waals surface area contributed by atoms with E-state index < -0.39 is 0 Å². The molecule has 0 atom stereocenters. The highest BCUT2D eigenvalue weighted by Crippen LogP contribution is 2.33. The van der Waals surface area contributed by atoms with Crippen LogP contribution < -0.4 is 5.32 Å². The van der Waals surface area contributed by atoms with Gasteiger partial charge in [0.15, 0.2) is 0 Å². The lowest BCUT2D eigenvalue weighted by atomic mass is 9.79. The molecule has 0 aromatic heterocycles. The van der Waals surface area contributed by atoms with Gasteiger partial charge in [0.2, 0.25) is 5.91 Å². The van der Waals surface area contributed by atoms with Crippen molar-refractivity contribution in [2.45, 2.75) is 37.3 Å². The van der Waals surface area contributed by atoms with Crippen molar-refractivity contribution in [3.05, 3.63) is 0 Å². The average molecular weight is 267 g/mol. The maximum Gasteiger partial charge on any atom is 0.225 e. The third-order valence-electron chi connectivity index (χ3n) is 5.31. The van der Waals surface area contributed by atoms with Gasteiger partial charge in [-0.3, -0.25) is 9.69 Å². The second kappa shape index (κ2) is 5.04. The molecule has 0 radical (unpaired) electrons. The number of aliphatic hydroxyl groups is 1. The van der Waals surface area contributed by atoms with E-state index in [1.807, 2.05) is 0 Å². The zero-order valence-electron chi connectivity index (χ0n) is 11.8. The lowest BCUT2D eigenvalue weighted by Gasteiger charge is -2.52. The van der Waals surface area contributed by atoms with Crippen molar-refractivity contribution in [2.24, 2.45) is 5.92 Å². The summed E-state index contributed by atoms with van der Waals surface area (Å²) in [6.07, 6.45) is 3.34. The molecule has 3 fully saturated rings. The summed E-state index contributed by atoms with van der Waals surface area (Å²) in [5, 5.41) is 12.8. The van der Waals surface area contributed by atoms with Crippen molar-refractivity contribution in [1.29, 1.82) is 0 Å². The van der Waals surface area contributed by atoms with Crippen molar-refractivity contribution in [3.63, 3.8) is 0 Å². The molecule has 2 saturated heterocycles. The maximum atomic E-state index is 12.4. The molecule has 2 N–H and O–H groups in total. The van der Waals surface area contributed by atoms with Crippen LogP contribution in [0, 0.1) is 5.92 Å². The molecular formula is C14H25N3O2. The summed E-state index contributed by atoms with van der Waals surface area (Å²) < 4.78 is 0. The number of hydrogen-bond acceptors (Lipinski definition) is 4. The molecular weight excluding hydrogens is 242 g/mol. The standard InChI is InChI=1S/C14H25N3O2/c1-16-6-7-17(13(19)11-8-12(18)9-11)10-14(16)2-4-15-5-3-14/h11-12,15,18H,2-10H2,1H3. The van der Waals surface area contributed by atoms with Crippen LogP contribution in [0.5, 0.6) is 0 Å². The van der Waals surface area contributed by atoms with E-state index in [0.717, 1.165) is 45.6 Å². The topological polar surface area (TPSA) is 55.8 Å². The molecule has 3 aliphatic rings. The smallest absolute Gasteiger partial charge is 0.225 e. The minimum absolute atomic E-state index is 0.0807. The Balaban J connectivity index is 1.66. The molecule has 5 nitrogen and oxygen atoms in total. The monoisotopic (exact) mass is 267 g/mol. The number of carbonyl (C=O) groups is 1. The van der Waals surface area contributed by atoms with Crippen LogP contribution in [-0.4, -0.2) is 72.2 Å². The predicted octanol–water partition coefficient (Wildman–Crippen LogP) is -0.346. The highest BCUT2D eigenvalue weighted by atomic mass is 16.3. The van der Waals surface area contributed by atoms with E-state index in [1.54, 1.807) is 0 Å². The van der Waals surface area contributed by atoms with Crippen molar-refractivity contribution in [1.82, 2.24) is 15.1 Å². The molecule has 0 bridgehead atoms. The fourth-order valence-electron chi connectivity index (χ4n) is 3.73. The zero-order chi connectivity index (χ0) is 13.5. The van der Waals surface area contributed by atoms with E-state index in [4.69, 9.17) is 0 Å². The van der Waals surface area contributed by atoms with E-state index in [2.05, 4.69) is 22.2 Å². The summed E-state index contributed by atoms with van der Waals surface area (Å²) in [6, 6.07) is 0. The van der Waals surface area contributed by atoms with Crippen LogP contribution in [0.4, 0.5) is 0 Å². The summed E-state index contributed by atoms with van der Waals surface area (Å²) in [7, 11) is 2.19. The van der Waals surface area contributed by atoms with Gasteiger partial charge in [0.25, 0.3) is 0 Å². The Morgan fingerprint density at radius 3 is 2.58 bits per heavy atom. The summed E-state index contributed by atoms with van der Waals surface area (Å²) in [5.41, 5.74) is 0.182. The first-order valence-electron chi connectivity index (χ1n) is 7.49. The molecule has 108 valence electrons. The van der Waals surface area contributed by atoms with Gasteiger partial charge in [-0.1, -0.05) is 0 Å². The number of likely N-dealkylation sites (N-methyl/N-ethyl adjacent to an activating group) is 1. The quantitative estimate of drug-likeness (QED) is 0.682. The molecule has 1 aliphatic carbocycles. The third kappa shape index (κ3) is 2.39. The second-order valence-corrected chi connectivity index (χ2v) is 6.48. The molecule has 1 spiro atoms. The van der Waals surface area contributed by atoms with Gasteiger partial charge in [0.05, 0.1) is 6.10 Å². The fourth-order valence-corrected chi connectivity index (χ4v) is 3.73. The molecule has 19 heavy (non-hydrogen) atoms. The summed E-state index contributed by atoms with van der Waals surface area (Å²) >= 11 is 0. The van der Waals surface area contributed by atoms with E-state index in [-0.39, 0.29) is 23.5 Å². The Kier molecular flexibility index (Phi) is 3.53. The van der Waals surface area contributed by atoms with Crippen molar-refractivity contribution in [3.8, 4) is 0 Å². The Bertz CT molecular complexity index is 349. The normalized spacial score (nSPS) is 35.2. The molecule has 0 aromatic carbocycles. The largest absolute Gasteiger partial charge is 0.393 e. The average Bonchev–Trinajstić information content (AvgIpc) is 2.39. The molecule has 2 aliphatic heterocycles. The Morgan fingerprint density at radius 1 is 1.26 bits per heavy atom. The number of rotatable bonds is 1. The highest BCUT2D eigenvalue weighted by molar-refractivity contribution is 5.80. The predicted molar refractivity (Wildman–Crippen MR) is 72.8 cm³/mol. The van der Waals surface area contributed by atoms with Gasteiger partial charge in [0.1, 0.15) is 0 Å². The number of amides is 1. The van der Waals surface area contributed by atoms with Gasteiger partial charge in [-0.25, -0.2) is 0 Å². The van der Waals surface area contributed by atoms with Crippen molar-refractivity contribution in [2.75, 3.05) is 39.8 Å². The summed E-state index contributed by atoms with van der Waals surface area (Å²) in [6.45, 7) is 4.79. The third-order valence-corrected chi connectivity index (χ3v) is 5.31. The molecule has 1 saturated carbocycles. The first-order chi connectivity index (χ1) is 9.11. The fraction of sp³-hybridized carbons (Fsp3) is 0.929. The molecule has 0 aromatic rings. The number of nitrogens with zero attached hydrogens (tertiary/aromatic N) is 2. The van der Waals surface area contributed by atoms with Gasteiger partial charge in [-0.15, -0.1) is 0 Å². The molecule has 3 rings (SSSR count).